The molecule has 7 nitrogen and oxygen atoms in total. The highest BCUT2D eigenvalue weighted by atomic mass is 79.9. The molecule has 2 aromatic rings. The van der Waals surface area contributed by atoms with Crippen molar-refractivity contribution in [3.8, 4) is 17.2 Å². The average molecular weight is 573 g/mol. The molecule has 2 aromatic carbocycles. The number of methoxy groups -OCH3 is 2. The van der Waals surface area contributed by atoms with E-state index in [0.29, 0.717) is 47.2 Å². The third-order valence-electron chi connectivity index (χ3n) is 4.38. The molecule has 1 fully saturated rings. The fourth-order valence-electron chi connectivity index (χ4n) is 2.93. The van der Waals surface area contributed by atoms with Crippen molar-refractivity contribution < 1.29 is 28.5 Å². The molecule has 33 heavy (non-hydrogen) atoms. The van der Waals surface area contributed by atoms with E-state index in [9.17, 15) is 9.59 Å². The molecule has 0 radical (unpaired) electrons. The summed E-state index contributed by atoms with van der Waals surface area (Å²) in [5.74, 6) is 0.478. The van der Waals surface area contributed by atoms with Gasteiger partial charge in [-0.05, 0) is 64.8 Å². The van der Waals surface area contributed by atoms with Crippen LogP contribution in [0.15, 0.2) is 39.7 Å². The van der Waals surface area contributed by atoms with Crippen LogP contribution in [0.3, 0.4) is 0 Å². The van der Waals surface area contributed by atoms with Gasteiger partial charge in [-0.1, -0.05) is 35.6 Å². The molecule has 174 valence electrons. The van der Waals surface area contributed by atoms with Gasteiger partial charge in [0.2, 0.25) is 0 Å². The van der Waals surface area contributed by atoms with E-state index in [1.807, 2.05) is 0 Å². The number of anilines is 1. The molecule has 0 atom stereocenters. The molecule has 1 saturated heterocycles. The standard InChI is InChI=1S/C22H19BrClNO6S2/c1-4-30-19(26)11-31-20-14(23)7-12(8-17(20)29-3)9-18-21(27)25(22(32)33-18)13-5-6-16(28-2)15(24)10-13/h5-10H,4,11H2,1-3H3/b18-9-. The first-order valence-corrected chi connectivity index (χ1v) is 12.0. The van der Waals surface area contributed by atoms with Gasteiger partial charge < -0.3 is 18.9 Å². The third-order valence-corrected chi connectivity index (χ3v) is 6.56. The van der Waals surface area contributed by atoms with Gasteiger partial charge in [0.15, 0.2) is 22.4 Å². The van der Waals surface area contributed by atoms with Gasteiger partial charge in [0.05, 0.1) is 40.9 Å². The summed E-state index contributed by atoms with van der Waals surface area (Å²) in [5.41, 5.74) is 1.23. The fourth-order valence-corrected chi connectivity index (χ4v) is 5.06. The van der Waals surface area contributed by atoms with E-state index in [4.69, 9.17) is 42.8 Å². The SMILES string of the molecule is CCOC(=O)COc1c(Br)cc(/C=C2\SC(=S)N(c3ccc(OC)c(Cl)c3)C2=O)cc1OC. The molecule has 0 bridgehead atoms. The Morgan fingerprint density at radius 3 is 2.58 bits per heavy atom. The lowest BCUT2D eigenvalue weighted by atomic mass is 10.1. The molecule has 1 amide bonds. The molecule has 0 aliphatic carbocycles. The first-order valence-electron chi connectivity index (χ1n) is 9.56. The number of benzene rings is 2. The summed E-state index contributed by atoms with van der Waals surface area (Å²) in [6.45, 7) is 1.72. The highest BCUT2D eigenvalue weighted by Gasteiger charge is 2.33. The van der Waals surface area contributed by atoms with Crippen LogP contribution >= 0.6 is 51.5 Å². The second kappa shape index (κ2) is 11.2. The lowest BCUT2D eigenvalue weighted by Gasteiger charge is -2.15. The zero-order chi connectivity index (χ0) is 24.1. The molecule has 1 aliphatic heterocycles. The third kappa shape index (κ3) is 5.81. The number of amides is 1. The highest BCUT2D eigenvalue weighted by Crippen LogP contribution is 2.41. The Kier molecular flexibility index (Phi) is 8.63. The number of carbonyl (C=O) groups is 2. The normalized spacial score (nSPS) is 14.6. The molecule has 0 aromatic heterocycles. The lowest BCUT2D eigenvalue weighted by Crippen LogP contribution is -2.27. The topological polar surface area (TPSA) is 74.3 Å². The molecule has 0 N–H and O–H groups in total. The van der Waals surface area contributed by atoms with Gasteiger partial charge in [-0.25, -0.2) is 4.79 Å². The maximum Gasteiger partial charge on any atom is 0.344 e. The predicted octanol–water partition coefficient (Wildman–Crippen LogP) is 5.47. The Morgan fingerprint density at radius 2 is 1.94 bits per heavy atom. The van der Waals surface area contributed by atoms with Crippen LogP contribution in [0.5, 0.6) is 17.2 Å². The summed E-state index contributed by atoms with van der Waals surface area (Å²) in [5, 5.41) is 0.375. The second-order valence-corrected chi connectivity index (χ2v) is 9.40. The number of nitrogens with zero attached hydrogens (tertiary/aromatic N) is 1. The Labute approximate surface area is 214 Å². The van der Waals surface area contributed by atoms with Gasteiger partial charge in [-0.3, -0.25) is 9.69 Å². The van der Waals surface area contributed by atoms with E-state index < -0.39 is 5.97 Å². The van der Waals surface area contributed by atoms with Crippen molar-refractivity contribution in [1.29, 1.82) is 0 Å². The van der Waals surface area contributed by atoms with Gasteiger partial charge in [0.1, 0.15) is 5.75 Å². The number of thioether (sulfide) groups is 1. The Bertz CT molecular complexity index is 1140. The first-order chi connectivity index (χ1) is 15.8. The first kappa shape index (κ1) is 25.4. The minimum Gasteiger partial charge on any atom is -0.495 e. The van der Waals surface area contributed by atoms with E-state index >= 15 is 0 Å². The van der Waals surface area contributed by atoms with Crippen molar-refractivity contribution in [3.05, 3.63) is 50.3 Å². The number of ether oxygens (including phenoxy) is 4. The van der Waals surface area contributed by atoms with Crippen LogP contribution in [0.1, 0.15) is 12.5 Å². The molecule has 11 heteroatoms. The smallest absolute Gasteiger partial charge is 0.344 e. The van der Waals surface area contributed by atoms with Gasteiger partial charge in [0.25, 0.3) is 5.91 Å². The van der Waals surface area contributed by atoms with Crippen LogP contribution < -0.4 is 19.1 Å². The number of thiocarbonyl (C=S) groups is 1. The number of hydrogen-bond acceptors (Lipinski definition) is 8. The summed E-state index contributed by atoms with van der Waals surface area (Å²) in [6.07, 6.45) is 1.70. The number of rotatable bonds is 8. The monoisotopic (exact) mass is 571 g/mol. The van der Waals surface area contributed by atoms with Gasteiger partial charge in [-0.15, -0.1) is 0 Å². The van der Waals surface area contributed by atoms with Crippen LogP contribution in [0.4, 0.5) is 5.69 Å². The highest BCUT2D eigenvalue weighted by molar-refractivity contribution is 9.10. The van der Waals surface area contributed by atoms with Crippen LogP contribution in [-0.2, 0) is 14.3 Å². The molecular formula is C22H19BrClNO6S2. The van der Waals surface area contributed by atoms with Crippen LogP contribution in [0.2, 0.25) is 5.02 Å². The van der Waals surface area contributed by atoms with Crippen molar-refractivity contribution in [2.45, 2.75) is 6.92 Å². The molecule has 1 heterocycles. The Morgan fingerprint density at radius 1 is 1.21 bits per heavy atom. The number of esters is 1. The second-order valence-electron chi connectivity index (χ2n) is 6.46. The summed E-state index contributed by atoms with van der Waals surface area (Å²) in [4.78, 5) is 26.5. The van der Waals surface area contributed by atoms with Gasteiger partial charge in [-0.2, -0.15) is 0 Å². The van der Waals surface area contributed by atoms with Gasteiger partial charge >= 0.3 is 5.97 Å². The average Bonchev–Trinajstić information content (AvgIpc) is 3.05. The van der Waals surface area contributed by atoms with Crippen LogP contribution in [0.25, 0.3) is 6.08 Å². The quantitative estimate of drug-likeness (QED) is 0.234. The maximum absolute atomic E-state index is 13.1. The largest absolute Gasteiger partial charge is 0.495 e. The minimum atomic E-state index is -0.488. The number of halogens is 2. The van der Waals surface area contributed by atoms with E-state index in [-0.39, 0.29) is 19.1 Å². The molecular weight excluding hydrogens is 554 g/mol. The zero-order valence-electron chi connectivity index (χ0n) is 17.8. The minimum absolute atomic E-state index is 0.259. The van der Waals surface area contributed by atoms with Crippen molar-refractivity contribution in [3.63, 3.8) is 0 Å². The van der Waals surface area contributed by atoms with Gasteiger partial charge in [0, 0.05) is 0 Å². The van der Waals surface area contributed by atoms with Crippen molar-refractivity contribution >= 4 is 79.5 Å². The van der Waals surface area contributed by atoms with Crippen LogP contribution in [0, 0.1) is 0 Å². The van der Waals surface area contributed by atoms with Crippen molar-refractivity contribution in [2.24, 2.45) is 0 Å². The van der Waals surface area contributed by atoms with Crippen molar-refractivity contribution in [2.75, 3.05) is 32.3 Å². The van der Waals surface area contributed by atoms with E-state index in [2.05, 4.69) is 15.9 Å². The zero-order valence-corrected chi connectivity index (χ0v) is 21.8. The molecule has 0 spiro atoms. The predicted molar refractivity (Wildman–Crippen MR) is 136 cm³/mol. The summed E-state index contributed by atoms with van der Waals surface area (Å²) in [6, 6.07) is 8.47. The molecule has 0 unspecified atom stereocenters. The van der Waals surface area contributed by atoms with E-state index in [1.165, 1.54) is 30.9 Å². The summed E-state index contributed by atoms with van der Waals surface area (Å²) in [7, 11) is 3.00. The molecule has 0 saturated carbocycles. The molecule has 1 aliphatic rings. The number of hydrogen-bond donors (Lipinski definition) is 0. The van der Waals surface area contributed by atoms with E-state index in [1.54, 1.807) is 43.3 Å². The lowest BCUT2D eigenvalue weighted by molar-refractivity contribution is -0.145. The molecule has 3 rings (SSSR count). The van der Waals surface area contributed by atoms with E-state index in [0.717, 1.165) is 0 Å². The Hall–Kier alpha value is -2.27. The Balaban J connectivity index is 1.86. The maximum atomic E-state index is 13.1. The van der Waals surface area contributed by atoms with Crippen molar-refractivity contribution in [1.82, 2.24) is 0 Å². The summed E-state index contributed by atoms with van der Waals surface area (Å²) < 4.78 is 21.9. The number of carbonyl (C=O) groups excluding carboxylic acids is 2. The summed E-state index contributed by atoms with van der Waals surface area (Å²) >= 11 is 16.2. The fraction of sp³-hybridized carbons (Fsp3) is 0.227. The van der Waals surface area contributed by atoms with Crippen LogP contribution in [-0.4, -0.2) is 43.6 Å².